The summed E-state index contributed by atoms with van der Waals surface area (Å²) in [6, 6.07) is 8.18. The fraction of sp³-hybridized carbons (Fsp3) is 0.474. The third-order valence-corrected chi connectivity index (χ3v) is 4.94. The van der Waals surface area contributed by atoms with Gasteiger partial charge in [-0.25, -0.2) is 0 Å². The molecule has 0 spiro atoms. The molecule has 3 rings (SSSR count). The molecule has 0 aliphatic carbocycles. The van der Waals surface area contributed by atoms with E-state index in [-0.39, 0.29) is 24.2 Å². The van der Waals surface area contributed by atoms with E-state index in [9.17, 15) is 5.11 Å². The van der Waals surface area contributed by atoms with Gasteiger partial charge in [0.1, 0.15) is 0 Å². The molecule has 1 aliphatic heterocycles. The minimum absolute atomic E-state index is 0.00297. The van der Waals surface area contributed by atoms with Crippen LogP contribution in [0.3, 0.4) is 0 Å². The second kappa shape index (κ2) is 7.14. The molecule has 0 amide bonds. The maximum Gasteiger partial charge on any atom is 0.170 e. The van der Waals surface area contributed by atoms with Gasteiger partial charge < -0.3 is 19.9 Å². The Kier molecular flexibility index (Phi) is 5.11. The summed E-state index contributed by atoms with van der Waals surface area (Å²) in [5.74, 6) is 0. The first kappa shape index (κ1) is 17.9. The van der Waals surface area contributed by atoms with Crippen molar-refractivity contribution in [2.45, 2.75) is 44.8 Å². The van der Waals surface area contributed by atoms with E-state index in [1.807, 2.05) is 24.4 Å². The quantitative estimate of drug-likeness (QED) is 0.805. The van der Waals surface area contributed by atoms with E-state index in [0.29, 0.717) is 6.42 Å². The molecule has 0 saturated carbocycles. The Morgan fingerprint density at radius 1 is 1.28 bits per heavy atom. The number of nitrogens with zero attached hydrogens (tertiary/aromatic N) is 3. The SMILES string of the molecule is CC(C)(C)n1ccc([C@H]2[C@@H](c3ccccn3)NC(=S)N2CCCO)c1. The molecule has 2 atom stereocenters. The molecule has 2 aromatic rings. The van der Waals surface area contributed by atoms with Gasteiger partial charge in [0.2, 0.25) is 0 Å². The van der Waals surface area contributed by atoms with Gasteiger partial charge in [0.05, 0.1) is 17.8 Å². The molecule has 25 heavy (non-hydrogen) atoms. The minimum atomic E-state index is 0.00297. The second-order valence-electron chi connectivity index (χ2n) is 7.42. The zero-order valence-electron chi connectivity index (χ0n) is 15.0. The number of thiocarbonyl (C=S) groups is 1. The Morgan fingerprint density at radius 2 is 2.08 bits per heavy atom. The summed E-state index contributed by atoms with van der Waals surface area (Å²) in [4.78, 5) is 6.71. The molecule has 134 valence electrons. The van der Waals surface area contributed by atoms with Gasteiger partial charge in [-0.15, -0.1) is 0 Å². The lowest BCUT2D eigenvalue weighted by atomic mass is 9.99. The molecule has 2 N–H and O–H groups in total. The Bertz CT molecular complexity index is 723. The molecule has 2 aromatic heterocycles. The third-order valence-electron chi connectivity index (χ3n) is 4.59. The normalized spacial score (nSPS) is 20.8. The first-order valence-electron chi connectivity index (χ1n) is 8.69. The first-order chi connectivity index (χ1) is 11.9. The largest absolute Gasteiger partial charge is 0.396 e. The zero-order chi connectivity index (χ0) is 18.0. The summed E-state index contributed by atoms with van der Waals surface area (Å²) < 4.78 is 2.23. The van der Waals surface area contributed by atoms with Gasteiger partial charge in [0.25, 0.3) is 0 Å². The number of aliphatic hydroxyl groups is 1. The van der Waals surface area contributed by atoms with Crippen molar-refractivity contribution in [2.24, 2.45) is 0 Å². The number of nitrogens with one attached hydrogen (secondary N) is 1. The van der Waals surface area contributed by atoms with Crippen molar-refractivity contribution >= 4 is 17.3 Å². The smallest absolute Gasteiger partial charge is 0.170 e. The van der Waals surface area contributed by atoms with E-state index < -0.39 is 0 Å². The van der Waals surface area contributed by atoms with Crippen LogP contribution in [0.1, 0.15) is 50.5 Å². The van der Waals surface area contributed by atoms with E-state index in [0.717, 1.165) is 17.4 Å². The van der Waals surface area contributed by atoms with Gasteiger partial charge in [0, 0.05) is 37.3 Å². The van der Waals surface area contributed by atoms with Crippen LogP contribution in [-0.4, -0.2) is 37.8 Å². The highest BCUT2D eigenvalue weighted by molar-refractivity contribution is 7.80. The van der Waals surface area contributed by atoms with Crippen molar-refractivity contribution in [1.82, 2.24) is 19.8 Å². The Hall–Kier alpha value is -1.92. The third kappa shape index (κ3) is 3.70. The van der Waals surface area contributed by atoms with E-state index in [2.05, 4.69) is 59.0 Å². The van der Waals surface area contributed by atoms with Crippen LogP contribution < -0.4 is 5.32 Å². The summed E-state index contributed by atoms with van der Waals surface area (Å²) in [5, 5.41) is 13.4. The van der Waals surface area contributed by atoms with Gasteiger partial charge in [-0.1, -0.05) is 6.07 Å². The van der Waals surface area contributed by atoms with Gasteiger partial charge in [-0.05, 0) is 63.2 Å². The topological polar surface area (TPSA) is 53.3 Å². The number of rotatable bonds is 5. The lowest BCUT2D eigenvalue weighted by Crippen LogP contribution is -2.31. The number of hydrogen-bond donors (Lipinski definition) is 2. The Labute approximate surface area is 154 Å². The van der Waals surface area contributed by atoms with Crippen molar-refractivity contribution in [3.8, 4) is 0 Å². The van der Waals surface area contributed by atoms with Crippen LogP contribution in [0, 0.1) is 0 Å². The standard InChI is InChI=1S/C19H26N4OS/c1-19(2,3)22-11-8-14(13-22)17-16(15-7-4-5-9-20-15)21-18(25)23(17)10-6-12-24/h4-5,7-9,11,13,16-17,24H,6,10,12H2,1-3H3,(H,21,25)/t16-,17+/m1/s1. The van der Waals surface area contributed by atoms with Crippen molar-refractivity contribution in [3.63, 3.8) is 0 Å². The summed E-state index contributed by atoms with van der Waals surface area (Å²) in [5.41, 5.74) is 2.21. The van der Waals surface area contributed by atoms with Crippen LogP contribution in [-0.2, 0) is 5.54 Å². The van der Waals surface area contributed by atoms with Gasteiger partial charge in [-0.2, -0.15) is 0 Å². The lowest BCUT2D eigenvalue weighted by Gasteiger charge is -2.27. The highest BCUT2D eigenvalue weighted by Crippen LogP contribution is 2.39. The Morgan fingerprint density at radius 3 is 2.68 bits per heavy atom. The molecule has 1 saturated heterocycles. The predicted octanol–water partition coefficient (Wildman–Crippen LogP) is 2.99. The fourth-order valence-corrected chi connectivity index (χ4v) is 3.59. The molecule has 0 bridgehead atoms. The molecule has 0 aromatic carbocycles. The van der Waals surface area contributed by atoms with E-state index in [1.165, 1.54) is 5.56 Å². The van der Waals surface area contributed by atoms with E-state index in [1.54, 1.807) is 0 Å². The average molecular weight is 359 g/mol. The van der Waals surface area contributed by atoms with Crippen molar-refractivity contribution in [2.75, 3.05) is 13.2 Å². The first-order valence-corrected chi connectivity index (χ1v) is 9.10. The highest BCUT2D eigenvalue weighted by atomic mass is 32.1. The summed E-state index contributed by atoms with van der Waals surface area (Å²) in [6.45, 7) is 7.44. The summed E-state index contributed by atoms with van der Waals surface area (Å²) in [7, 11) is 0. The molecule has 6 heteroatoms. The zero-order valence-corrected chi connectivity index (χ0v) is 15.8. The monoisotopic (exact) mass is 358 g/mol. The second-order valence-corrected chi connectivity index (χ2v) is 7.81. The van der Waals surface area contributed by atoms with Crippen molar-refractivity contribution < 1.29 is 5.11 Å². The molecule has 0 unspecified atom stereocenters. The molecule has 1 aliphatic rings. The van der Waals surface area contributed by atoms with Gasteiger partial charge in [0.15, 0.2) is 5.11 Å². The van der Waals surface area contributed by atoms with Crippen LogP contribution >= 0.6 is 12.2 Å². The summed E-state index contributed by atoms with van der Waals surface area (Å²) >= 11 is 5.59. The average Bonchev–Trinajstić information content (AvgIpc) is 3.18. The molecular weight excluding hydrogens is 332 g/mol. The molecule has 0 radical (unpaired) electrons. The molecule has 3 heterocycles. The molecule has 5 nitrogen and oxygen atoms in total. The van der Waals surface area contributed by atoms with Crippen LogP contribution in [0.15, 0.2) is 42.9 Å². The highest BCUT2D eigenvalue weighted by Gasteiger charge is 2.39. The van der Waals surface area contributed by atoms with E-state index >= 15 is 0 Å². The lowest BCUT2D eigenvalue weighted by molar-refractivity contribution is 0.247. The molecule has 1 fully saturated rings. The van der Waals surface area contributed by atoms with Crippen molar-refractivity contribution in [3.05, 3.63) is 54.1 Å². The Balaban J connectivity index is 1.98. The van der Waals surface area contributed by atoms with Crippen LogP contribution in [0.2, 0.25) is 0 Å². The number of aliphatic hydroxyl groups excluding tert-OH is 1. The number of hydrogen-bond acceptors (Lipinski definition) is 3. The van der Waals surface area contributed by atoms with Crippen LogP contribution in [0.5, 0.6) is 0 Å². The maximum atomic E-state index is 9.26. The van der Waals surface area contributed by atoms with Gasteiger partial charge in [-0.3, -0.25) is 4.98 Å². The van der Waals surface area contributed by atoms with Crippen molar-refractivity contribution in [1.29, 1.82) is 0 Å². The number of pyridine rings is 1. The van der Waals surface area contributed by atoms with E-state index in [4.69, 9.17) is 12.2 Å². The summed E-state index contributed by atoms with van der Waals surface area (Å²) in [6.07, 6.45) is 6.82. The van der Waals surface area contributed by atoms with Gasteiger partial charge >= 0.3 is 0 Å². The predicted molar refractivity (Wildman–Crippen MR) is 103 cm³/mol. The fourth-order valence-electron chi connectivity index (χ4n) is 3.26. The molecular formula is C19H26N4OS. The minimum Gasteiger partial charge on any atom is -0.396 e. The van der Waals surface area contributed by atoms with Crippen LogP contribution in [0.4, 0.5) is 0 Å². The number of aromatic nitrogens is 2. The maximum absolute atomic E-state index is 9.26. The van der Waals surface area contributed by atoms with Crippen LogP contribution in [0.25, 0.3) is 0 Å².